The molecule has 1 saturated heterocycles. The van der Waals surface area contributed by atoms with Crippen LogP contribution < -0.4 is 21.1 Å². The number of nitrogens with one attached hydrogen (secondary N) is 2. The molecule has 0 spiro atoms. The highest BCUT2D eigenvalue weighted by Gasteiger charge is 2.29. The molecule has 4 N–H and O–H groups in total. The van der Waals surface area contributed by atoms with Crippen LogP contribution in [-0.4, -0.2) is 29.6 Å². The Kier molecular flexibility index (Phi) is 3.41. The van der Waals surface area contributed by atoms with Crippen molar-refractivity contribution in [3.63, 3.8) is 0 Å². The number of rotatable bonds is 3. The number of carbonyl (C=O) groups is 1. The van der Waals surface area contributed by atoms with Crippen molar-refractivity contribution >= 4 is 34.7 Å². The molecule has 2 heterocycles. The molecule has 1 aromatic carbocycles. The summed E-state index contributed by atoms with van der Waals surface area (Å²) in [5.41, 5.74) is 8.22. The number of amides is 1. The largest absolute Gasteiger partial charge is 0.482 e. The first-order chi connectivity index (χ1) is 9.56. The van der Waals surface area contributed by atoms with Crippen LogP contribution in [0.3, 0.4) is 0 Å². The lowest BCUT2D eigenvalue weighted by Gasteiger charge is -2.25. The highest BCUT2D eigenvalue weighted by molar-refractivity contribution is 8.00. The van der Waals surface area contributed by atoms with E-state index in [9.17, 15) is 4.79 Å². The second kappa shape index (κ2) is 5.09. The third kappa shape index (κ3) is 2.65. The second-order valence-corrected chi connectivity index (χ2v) is 7.21. The molecule has 6 heteroatoms. The van der Waals surface area contributed by atoms with Crippen molar-refractivity contribution in [2.24, 2.45) is 0 Å². The number of carbonyl (C=O) groups excluding carboxylic acids is 1. The predicted octanol–water partition coefficient (Wildman–Crippen LogP) is 2.30. The van der Waals surface area contributed by atoms with Crippen molar-refractivity contribution in [2.75, 3.05) is 35.3 Å². The standard InChI is InChI=1S/C14H19N3O2S/c1-14(3-2-4-20-14)8-16-10-6-11-12(5-9(10)15)19-7-13(18)17-11/h5-6,16H,2-4,7-8,15H2,1H3,(H,17,18). The zero-order chi connectivity index (χ0) is 14.2. The minimum Gasteiger partial charge on any atom is -0.482 e. The van der Waals surface area contributed by atoms with Gasteiger partial charge >= 0.3 is 0 Å². The van der Waals surface area contributed by atoms with Gasteiger partial charge in [-0.05, 0) is 31.6 Å². The fourth-order valence-corrected chi connectivity index (χ4v) is 3.80. The number of benzene rings is 1. The third-order valence-electron chi connectivity index (χ3n) is 3.74. The van der Waals surface area contributed by atoms with E-state index >= 15 is 0 Å². The van der Waals surface area contributed by atoms with Gasteiger partial charge in [0.05, 0.1) is 17.1 Å². The maximum absolute atomic E-state index is 11.3. The molecular weight excluding hydrogens is 274 g/mol. The van der Waals surface area contributed by atoms with E-state index in [-0.39, 0.29) is 17.3 Å². The first-order valence-electron chi connectivity index (χ1n) is 6.80. The van der Waals surface area contributed by atoms with Crippen LogP contribution in [0.1, 0.15) is 19.8 Å². The molecule has 108 valence electrons. The number of fused-ring (bicyclic) bond motifs is 1. The molecule has 2 aliphatic heterocycles. The zero-order valence-corrected chi connectivity index (χ0v) is 12.3. The van der Waals surface area contributed by atoms with Gasteiger partial charge in [0, 0.05) is 17.4 Å². The first kappa shape index (κ1) is 13.4. The van der Waals surface area contributed by atoms with Crippen molar-refractivity contribution < 1.29 is 9.53 Å². The van der Waals surface area contributed by atoms with Crippen LogP contribution in [-0.2, 0) is 4.79 Å². The van der Waals surface area contributed by atoms with Gasteiger partial charge in [-0.15, -0.1) is 0 Å². The molecule has 5 nitrogen and oxygen atoms in total. The van der Waals surface area contributed by atoms with Crippen molar-refractivity contribution in [2.45, 2.75) is 24.5 Å². The first-order valence-corrected chi connectivity index (χ1v) is 7.78. The van der Waals surface area contributed by atoms with E-state index in [1.807, 2.05) is 17.8 Å². The summed E-state index contributed by atoms with van der Waals surface area (Å²) in [5.74, 6) is 1.72. The summed E-state index contributed by atoms with van der Waals surface area (Å²) in [6, 6.07) is 3.62. The van der Waals surface area contributed by atoms with Gasteiger partial charge in [0.15, 0.2) is 6.61 Å². The summed E-state index contributed by atoms with van der Waals surface area (Å²) in [6.45, 7) is 3.19. The summed E-state index contributed by atoms with van der Waals surface area (Å²) in [7, 11) is 0. The van der Waals surface area contributed by atoms with E-state index in [2.05, 4.69) is 17.6 Å². The van der Waals surface area contributed by atoms with Crippen LogP contribution in [0, 0.1) is 0 Å². The number of ether oxygens (including phenoxy) is 1. The van der Waals surface area contributed by atoms with Crippen LogP contribution in [0.5, 0.6) is 5.75 Å². The Morgan fingerprint density at radius 1 is 1.55 bits per heavy atom. The highest BCUT2D eigenvalue weighted by atomic mass is 32.2. The van der Waals surface area contributed by atoms with Crippen LogP contribution in [0.15, 0.2) is 12.1 Å². The number of hydrogen-bond acceptors (Lipinski definition) is 5. The Balaban J connectivity index is 1.76. The topological polar surface area (TPSA) is 76.4 Å². The second-order valence-electron chi connectivity index (χ2n) is 5.53. The van der Waals surface area contributed by atoms with Crippen molar-refractivity contribution in [1.29, 1.82) is 0 Å². The molecule has 0 radical (unpaired) electrons. The fraction of sp³-hybridized carbons (Fsp3) is 0.500. The molecule has 0 bridgehead atoms. The molecular formula is C14H19N3O2S. The molecule has 1 unspecified atom stereocenters. The van der Waals surface area contributed by atoms with Gasteiger partial charge in [0.2, 0.25) is 0 Å². The average molecular weight is 293 g/mol. The molecule has 0 aromatic heterocycles. The lowest BCUT2D eigenvalue weighted by Crippen LogP contribution is -2.28. The van der Waals surface area contributed by atoms with E-state index in [0.29, 0.717) is 17.1 Å². The van der Waals surface area contributed by atoms with E-state index in [0.717, 1.165) is 12.2 Å². The van der Waals surface area contributed by atoms with Gasteiger partial charge in [-0.2, -0.15) is 11.8 Å². The SMILES string of the molecule is CC1(CNc2cc3c(cc2N)OCC(=O)N3)CCCS1. The predicted molar refractivity (Wildman–Crippen MR) is 83.6 cm³/mol. The normalized spacial score (nSPS) is 24.8. The minimum absolute atomic E-state index is 0.0495. The fourth-order valence-electron chi connectivity index (χ4n) is 2.55. The molecule has 1 atom stereocenters. The average Bonchev–Trinajstić information content (AvgIpc) is 2.84. The third-order valence-corrected chi connectivity index (χ3v) is 5.28. The molecule has 20 heavy (non-hydrogen) atoms. The van der Waals surface area contributed by atoms with E-state index in [4.69, 9.17) is 10.5 Å². The van der Waals surface area contributed by atoms with Gasteiger partial charge < -0.3 is 21.1 Å². The number of thioether (sulfide) groups is 1. The maximum Gasteiger partial charge on any atom is 0.262 e. The molecule has 2 aliphatic rings. The van der Waals surface area contributed by atoms with E-state index in [1.54, 1.807) is 6.07 Å². The van der Waals surface area contributed by atoms with E-state index in [1.165, 1.54) is 18.6 Å². The van der Waals surface area contributed by atoms with Crippen LogP contribution in [0.4, 0.5) is 17.1 Å². The number of nitrogen functional groups attached to an aromatic ring is 1. The minimum atomic E-state index is -0.133. The number of anilines is 3. The van der Waals surface area contributed by atoms with Crippen LogP contribution in [0.25, 0.3) is 0 Å². The van der Waals surface area contributed by atoms with E-state index < -0.39 is 0 Å². The Bertz CT molecular complexity index is 541. The van der Waals surface area contributed by atoms with Gasteiger partial charge in [-0.1, -0.05) is 0 Å². The van der Waals surface area contributed by atoms with Crippen molar-refractivity contribution in [1.82, 2.24) is 0 Å². The Morgan fingerprint density at radius 3 is 3.15 bits per heavy atom. The zero-order valence-electron chi connectivity index (χ0n) is 11.5. The van der Waals surface area contributed by atoms with Gasteiger partial charge in [0.1, 0.15) is 5.75 Å². The quantitative estimate of drug-likeness (QED) is 0.746. The summed E-state index contributed by atoms with van der Waals surface area (Å²) in [6.07, 6.45) is 2.49. The van der Waals surface area contributed by atoms with Gasteiger partial charge in [-0.25, -0.2) is 0 Å². The molecule has 0 saturated carbocycles. The number of hydrogen-bond donors (Lipinski definition) is 3. The summed E-state index contributed by atoms with van der Waals surface area (Å²) >= 11 is 2.00. The summed E-state index contributed by atoms with van der Waals surface area (Å²) < 4.78 is 5.61. The molecule has 1 aromatic rings. The smallest absolute Gasteiger partial charge is 0.262 e. The number of nitrogens with two attached hydrogens (primary N) is 1. The highest BCUT2D eigenvalue weighted by Crippen LogP contribution is 2.39. The molecule has 0 aliphatic carbocycles. The Labute approximate surface area is 122 Å². The van der Waals surface area contributed by atoms with Crippen LogP contribution in [0.2, 0.25) is 0 Å². The summed E-state index contributed by atoms with van der Waals surface area (Å²) in [4.78, 5) is 11.3. The molecule has 1 amide bonds. The molecule has 3 rings (SSSR count). The molecule has 1 fully saturated rings. The maximum atomic E-state index is 11.3. The van der Waals surface area contributed by atoms with Crippen molar-refractivity contribution in [3.05, 3.63) is 12.1 Å². The van der Waals surface area contributed by atoms with Gasteiger partial charge in [-0.3, -0.25) is 4.79 Å². The Morgan fingerprint density at radius 2 is 2.40 bits per heavy atom. The monoisotopic (exact) mass is 293 g/mol. The van der Waals surface area contributed by atoms with Gasteiger partial charge in [0.25, 0.3) is 5.91 Å². The van der Waals surface area contributed by atoms with Crippen molar-refractivity contribution in [3.8, 4) is 5.75 Å². The lowest BCUT2D eigenvalue weighted by atomic mass is 10.1. The lowest BCUT2D eigenvalue weighted by molar-refractivity contribution is -0.118. The Hall–Kier alpha value is -1.56. The summed E-state index contributed by atoms with van der Waals surface area (Å²) in [5, 5.41) is 6.21. The van der Waals surface area contributed by atoms with Crippen LogP contribution >= 0.6 is 11.8 Å².